The van der Waals surface area contributed by atoms with Crippen LogP contribution >= 0.6 is 0 Å². The van der Waals surface area contributed by atoms with Crippen LogP contribution in [0, 0.1) is 0 Å². The molecule has 4 rings (SSSR count). The van der Waals surface area contributed by atoms with Crippen molar-refractivity contribution in [3.8, 4) is 22.8 Å². The maximum Gasteiger partial charge on any atom is 0.161 e. The summed E-state index contributed by atoms with van der Waals surface area (Å²) in [5.74, 6) is 1.59. The molecular weight excluding hydrogens is 330 g/mol. The Kier molecular flexibility index (Phi) is 4.62. The fourth-order valence-corrected chi connectivity index (χ4v) is 3.10. The molecule has 0 fully saturated rings. The van der Waals surface area contributed by atoms with Crippen LogP contribution in [0.15, 0.2) is 36.9 Å². The highest BCUT2D eigenvalue weighted by atomic mass is 16.5. The van der Waals surface area contributed by atoms with Crippen LogP contribution in [0.1, 0.15) is 17.7 Å². The summed E-state index contributed by atoms with van der Waals surface area (Å²) in [4.78, 5) is 4.15. The number of nitrogens with zero attached hydrogens (tertiary/aromatic N) is 4. The number of nitrogens with one attached hydrogen (secondary N) is 1. The van der Waals surface area contributed by atoms with Crippen molar-refractivity contribution in [2.75, 3.05) is 13.2 Å². The van der Waals surface area contributed by atoms with E-state index >= 15 is 0 Å². The third kappa shape index (κ3) is 3.43. The third-order valence-electron chi connectivity index (χ3n) is 4.46. The van der Waals surface area contributed by atoms with Gasteiger partial charge in [0, 0.05) is 57.1 Å². The molecule has 0 atom stereocenters. The van der Waals surface area contributed by atoms with Gasteiger partial charge in [-0.1, -0.05) is 0 Å². The second-order valence-electron chi connectivity index (χ2n) is 6.49. The molecule has 7 heteroatoms. The molecule has 136 valence electrons. The molecule has 3 aromatic rings. The molecule has 0 spiro atoms. The Hall–Kier alpha value is -2.80. The van der Waals surface area contributed by atoms with Gasteiger partial charge in [-0.15, -0.1) is 0 Å². The average Bonchev–Trinajstić information content (AvgIpc) is 3.12. The zero-order chi connectivity index (χ0) is 17.9. The average molecular weight is 353 g/mol. The summed E-state index contributed by atoms with van der Waals surface area (Å²) in [7, 11) is 3.94. The second-order valence-corrected chi connectivity index (χ2v) is 6.49. The minimum absolute atomic E-state index is 0.678. The molecule has 0 unspecified atom stereocenters. The minimum atomic E-state index is 0.678. The van der Waals surface area contributed by atoms with Crippen LogP contribution in [0.25, 0.3) is 11.3 Å². The van der Waals surface area contributed by atoms with Gasteiger partial charge in [0.05, 0.1) is 30.9 Å². The zero-order valence-corrected chi connectivity index (χ0v) is 15.1. The van der Waals surface area contributed by atoms with Crippen molar-refractivity contribution in [2.45, 2.75) is 19.5 Å². The van der Waals surface area contributed by atoms with E-state index in [9.17, 15) is 0 Å². The van der Waals surface area contributed by atoms with Gasteiger partial charge in [-0.2, -0.15) is 5.10 Å². The summed E-state index contributed by atoms with van der Waals surface area (Å²) in [6.45, 7) is 2.85. The first-order valence-electron chi connectivity index (χ1n) is 8.79. The van der Waals surface area contributed by atoms with Gasteiger partial charge in [0.25, 0.3) is 0 Å². The molecule has 26 heavy (non-hydrogen) atoms. The quantitative estimate of drug-likeness (QED) is 0.762. The van der Waals surface area contributed by atoms with Crippen LogP contribution < -0.4 is 14.8 Å². The molecule has 0 aliphatic carbocycles. The molecule has 1 aliphatic heterocycles. The van der Waals surface area contributed by atoms with Crippen LogP contribution in [0.5, 0.6) is 11.5 Å². The van der Waals surface area contributed by atoms with Crippen LogP contribution in [0.3, 0.4) is 0 Å². The first-order chi connectivity index (χ1) is 12.7. The Morgan fingerprint density at radius 2 is 1.96 bits per heavy atom. The van der Waals surface area contributed by atoms with Crippen molar-refractivity contribution in [1.82, 2.24) is 24.6 Å². The Morgan fingerprint density at radius 1 is 1.12 bits per heavy atom. The summed E-state index contributed by atoms with van der Waals surface area (Å²) in [6, 6.07) is 6.03. The SMILES string of the molecule is Cn1cc(CNCc2cncn2C)c(-c2ccc3c(c2)OCCCO3)n1. The van der Waals surface area contributed by atoms with Crippen LogP contribution in [-0.2, 0) is 27.2 Å². The maximum absolute atomic E-state index is 5.82. The lowest BCUT2D eigenvalue weighted by Crippen LogP contribution is -2.14. The number of imidazole rings is 1. The second kappa shape index (κ2) is 7.21. The zero-order valence-electron chi connectivity index (χ0n) is 15.1. The van der Waals surface area contributed by atoms with Crippen LogP contribution in [0.4, 0.5) is 0 Å². The molecule has 0 saturated carbocycles. The summed E-state index contributed by atoms with van der Waals surface area (Å²) >= 11 is 0. The van der Waals surface area contributed by atoms with E-state index in [1.54, 1.807) is 0 Å². The maximum atomic E-state index is 5.82. The van der Waals surface area contributed by atoms with Gasteiger partial charge in [0.1, 0.15) is 0 Å². The van der Waals surface area contributed by atoms with E-state index in [0.717, 1.165) is 53.5 Å². The van der Waals surface area contributed by atoms with Crippen LogP contribution in [-0.4, -0.2) is 32.5 Å². The van der Waals surface area contributed by atoms with Gasteiger partial charge < -0.3 is 19.4 Å². The fraction of sp³-hybridized carbons (Fsp3) is 0.368. The molecule has 1 aromatic carbocycles. The van der Waals surface area contributed by atoms with E-state index in [4.69, 9.17) is 9.47 Å². The topological polar surface area (TPSA) is 66.1 Å². The summed E-state index contributed by atoms with van der Waals surface area (Å²) in [5.41, 5.74) is 4.28. The number of aromatic nitrogens is 4. The van der Waals surface area contributed by atoms with Crippen molar-refractivity contribution >= 4 is 0 Å². The number of aryl methyl sites for hydroxylation is 2. The first-order valence-corrected chi connectivity index (χ1v) is 8.79. The normalized spacial score (nSPS) is 13.6. The summed E-state index contributed by atoms with van der Waals surface area (Å²) < 4.78 is 15.4. The number of fused-ring (bicyclic) bond motifs is 1. The Balaban J connectivity index is 1.54. The van der Waals surface area contributed by atoms with E-state index in [-0.39, 0.29) is 0 Å². The van der Waals surface area contributed by atoms with Gasteiger partial charge in [-0.05, 0) is 18.2 Å². The Labute approximate surface area is 152 Å². The molecule has 0 radical (unpaired) electrons. The largest absolute Gasteiger partial charge is 0.490 e. The van der Waals surface area contributed by atoms with Gasteiger partial charge in [-0.25, -0.2) is 4.98 Å². The molecular formula is C19H23N5O2. The number of hydrogen-bond acceptors (Lipinski definition) is 5. The summed E-state index contributed by atoms with van der Waals surface area (Å²) in [5, 5.41) is 8.12. The minimum Gasteiger partial charge on any atom is -0.490 e. The van der Waals surface area contributed by atoms with Crippen molar-refractivity contribution in [3.05, 3.63) is 48.2 Å². The molecule has 0 bridgehead atoms. The first kappa shape index (κ1) is 16.7. The number of hydrogen-bond donors (Lipinski definition) is 1. The standard InChI is InChI=1S/C19H23N5O2/c1-23-13-21-11-16(23)10-20-9-15-12-24(2)22-19(15)14-4-5-17-18(8-14)26-7-3-6-25-17/h4-5,8,11-13,20H,3,6-7,9-10H2,1-2H3. The van der Waals surface area contributed by atoms with E-state index in [1.807, 2.05) is 54.1 Å². The van der Waals surface area contributed by atoms with Crippen molar-refractivity contribution in [3.63, 3.8) is 0 Å². The van der Waals surface area contributed by atoms with E-state index in [1.165, 1.54) is 0 Å². The van der Waals surface area contributed by atoms with Crippen molar-refractivity contribution in [2.24, 2.45) is 14.1 Å². The van der Waals surface area contributed by atoms with Gasteiger partial charge in [0.2, 0.25) is 0 Å². The lowest BCUT2D eigenvalue weighted by Gasteiger charge is -2.10. The Morgan fingerprint density at radius 3 is 2.77 bits per heavy atom. The predicted octanol–water partition coefficient (Wildman–Crippen LogP) is 2.27. The fourth-order valence-electron chi connectivity index (χ4n) is 3.10. The molecule has 2 aromatic heterocycles. The Bertz CT molecular complexity index is 899. The van der Waals surface area contributed by atoms with Gasteiger partial charge in [0.15, 0.2) is 11.5 Å². The third-order valence-corrected chi connectivity index (χ3v) is 4.46. The molecule has 7 nitrogen and oxygen atoms in total. The van der Waals surface area contributed by atoms with Gasteiger partial charge in [-0.3, -0.25) is 4.68 Å². The summed E-state index contributed by atoms with van der Waals surface area (Å²) in [6.07, 6.45) is 6.64. The van der Waals surface area contributed by atoms with E-state index < -0.39 is 0 Å². The molecule has 1 N–H and O–H groups in total. The lowest BCUT2D eigenvalue weighted by atomic mass is 10.1. The van der Waals surface area contributed by atoms with Crippen LogP contribution in [0.2, 0.25) is 0 Å². The van der Waals surface area contributed by atoms with Crippen molar-refractivity contribution < 1.29 is 9.47 Å². The van der Waals surface area contributed by atoms with E-state index in [0.29, 0.717) is 13.2 Å². The number of benzene rings is 1. The highest BCUT2D eigenvalue weighted by Gasteiger charge is 2.15. The van der Waals surface area contributed by atoms with E-state index in [2.05, 4.69) is 21.6 Å². The van der Waals surface area contributed by atoms with Crippen molar-refractivity contribution in [1.29, 1.82) is 0 Å². The number of ether oxygens (including phenoxy) is 2. The lowest BCUT2D eigenvalue weighted by molar-refractivity contribution is 0.297. The predicted molar refractivity (Wildman–Crippen MR) is 98.0 cm³/mol. The highest BCUT2D eigenvalue weighted by Crippen LogP contribution is 2.34. The molecule has 0 saturated heterocycles. The smallest absolute Gasteiger partial charge is 0.161 e. The monoisotopic (exact) mass is 353 g/mol. The molecule has 0 amide bonds. The molecule has 3 heterocycles. The highest BCUT2D eigenvalue weighted by molar-refractivity contribution is 5.66. The number of rotatable bonds is 5. The molecule has 1 aliphatic rings. The van der Waals surface area contributed by atoms with Gasteiger partial charge >= 0.3 is 0 Å².